The summed E-state index contributed by atoms with van der Waals surface area (Å²) in [4.78, 5) is 2.29. The van der Waals surface area contributed by atoms with Crippen molar-refractivity contribution in [2.24, 2.45) is 0 Å². The minimum absolute atomic E-state index is 0.190. The molecule has 1 aliphatic heterocycles. The zero-order chi connectivity index (χ0) is 6.69. The van der Waals surface area contributed by atoms with Crippen molar-refractivity contribution in [1.29, 1.82) is 0 Å². The monoisotopic (exact) mass is 239 g/mol. The van der Waals surface area contributed by atoms with Gasteiger partial charge in [0.15, 0.2) is 0 Å². The molecule has 0 aromatic heterocycles. The molecule has 0 saturated heterocycles. The molecule has 0 atom stereocenters. The summed E-state index contributed by atoms with van der Waals surface area (Å²) in [5.41, 5.74) is 0. The molecule has 0 radical (unpaired) electrons. The molecule has 54 valence electrons. The van der Waals surface area contributed by atoms with E-state index in [1.165, 1.54) is 0 Å². The first-order valence-electron chi connectivity index (χ1n) is 3.08. The Morgan fingerprint density at radius 2 is 2.44 bits per heavy atom. The van der Waals surface area contributed by atoms with Gasteiger partial charge >= 0.3 is 66.7 Å². The Morgan fingerprint density at radius 3 is 2.78 bits per heavy atom. The van der Waals surface area contributed by atoms with Crippen LogP contribution in [-0.2, 0) is 0 Å². The minimum atomic E-state index is 0.190. The Morgan fingerprint density at radius 1 is 1.67 bits per heavy atom. The molecule has 1 N–H and O–H groups in total. The number of halogens is 1. The van der Waals surface area contributed by atoms with Gasteiger partial charge in [-0.2, -0.15) is 0 Å². The Bertz CT molecular complexity index is 112. The van der Waals surface area contributed by atoms with E-state index >= 15 is 0 Å². The van der Waals surface area contributed by atoms with E-state index in [0.717, 1.165) is 6.67 Å². The second-order valence-corrected chi connectivity index (χ2v) is 4.39. The zero-order valence-corrected chi connectivity index (χ0v) is 7.92. The summed E-state index contributed by atoms with van der Waals surface area (Å²) in [5, 5.41) is 0. The molecule has 0 amide bonds. The molecule has 0 saturated carbocycles. The molecular weight excluding hydrogens is 227 g/mol. The first-order valence-corrected chi connectivity index (χ1v) is 5.41. The van der Waals surface area contributed by atoms with E-state index < -0.39 is 0 Å². The molecule has 1 heterocycles. The van der Waals surface area contributed by atoms with Crippen molar-refractivity contribution >= 4 is 0 Å². The third-order valence-electron chi connectivity index (χ3n) is 1.29. The summed E-state index contributed by atoms with van der Waals surface area (Å²) >= 11 is 0.190. The van der Waals surface area contributed by atoms with E-state index in [2.05, 4.69) is 32.6 Å². The fourth-order valence-electron chi connectivity index (χ4n) is 0.656. The zero-order valence-electron chi connectivity index (χ0n) is 5.76. The van der Waals surface area contributed by atoms with E-state index in [0.29, 0.717) is 6.04 Å². The summed E-state index contributed by atoms with van der Waals surface area (Å²) in [6.45, 7) is 5.45. The summed E-state index contributed by atoms with van der Waals surface area (Å²) < 4.78 is 5.62. The van der Waals surface area contributed by atoms with Crippen LogP contribution in [0, 0.1) is 0 Å². The third-order valence-corrected chi connectivity index (χ3v) is 2.76. The number of nitrogens with one attached hydrogen (secondary N) is 1. The van der Waals surface area contributed by atoms with E-state index in [1.807, 2.05) is 0 Å². The van der Waals surface area contributed by atoms with Crippen molar-refractivity contribution in [3.05, 3.63) is 10.3 Å². The van der Waals surface area contributed by atoms with Crippen LogP contribution in [0.25, 0.3) is 0 Å². The van der Waals surface area contributed by atoms with Crippen molar-refractivity contribution < 1.29 is 21.5 Å². The Hall–Kier alpha value is 0.230. The van der Waals surface area contributed by atoms with Gasteiger partial charge in [0.2, 0.25) is 0 Å². The molecule has 3 heteroatoms. The van der Waals surface area contributed by atoms with Crippen molar-refractivity contribution in [1.82, 2.24) is 8.43 Å². The molecule has 9 heavy (non-hydrogen) atoms. The molecule has 2 nitrogen and oxygen atoms in total. The molecule has 0 aromatic carbocycles. The van der Waals surface area contributed by atoms with Crippen molar-refractivity contribution in [2.45, 2.75) is 19.9 Å². The van der Waals surface area contributed by atoms with Crippen LogP contribution in [0.2, 0.25) is 0 Å². The average Bonchev–Trinajstić information content (AvgIpc) is 1.90. The molecular formula is C6H12IN2-. The maximum atomic E-state index is 3.37. The molecule has 1 aliphatic rings. The Labute approximate surface area is 66.9 Å². The van der Waals surface area contributed by atoms with Gasteiger partial charge < -0.3 is 0 Å². The molecule has 0 spiro atoms. The molecule has 0 bridgehead atoms. The van der Waals surface area contributed by atoms with E-state index in [-0.39, 0.29) is 21.5 Å². The average molecular weight is 239 g/mol. The van der Waals surface area contributed by atoms with Crippen LogP contribution in [0.5, 0.6) is 0 Å². The van der Waals surface area contributed by atoms with Crippen LogP contribution in [0.3, 0.4) is 0 Å². The Kier molecular flexibility index (Phi) is 2.78. The van der Waals surface area contributed by atoms with Crippen LogP contribution >= 0.6 is 0 Å². The maximum absolute atomic E-state index is 3.37. The van der Waals surface area contributed by atoms with Gasteiger partial charge in [-0.25, -0.2) is 0 Å². The number of hydrogen-bond donors (Lipinski definition) is 1. The van der Waals surface area contributed by atoms with E-state index in [4.69, 9.17) is 0 Å². The second-order valence-electron chi connectivity index (χ2n) is 2.28. The van der Waals surface area contributed by atoms with Gasteiger partial charge in [0.25, 0.3) is 0 Å². The number of rotatable bonds is 1. The molecule has 0 aromatic rings. The summed E-state index contributed by atoms with van der Waals surface area (Å²) in [6.07, 6.45) is 2.20. The van der Waals surface area contributed by atoms with Crippen LogP contribution in [0.15, 0.2) is 10.3 Å². The van der Waals surface area contributed by atoms with Crippen molar-refractivity contribution in [3.63, 3.8) is 0 Å². The predicted molar refractivity (Wildman–Crippen MR) is 34.1 cm³/mol. The third kappa shape index (κ3) is 2.14. The quantitative estimate of drug-likeness (QED) is 0.410. The summed E-state index contributed by atoms with van der Waals surface area (Å²) in [6, 6.07) is 0.637. The van der Waals surface area contributed by atoms with Crippen LogP contribution in [0.4, 0.5) is 0 Å². The summed E-state index contributed by atoms with van der Waals surface area (Å²) in [5.74, 6) is 0. The molecule has 1 rings (SSSR count). The molecule has 0 unspecified atom stereocenters. The molecule has 0 aliphatic carbocycles. The van der Waals surface area contributed by atoms with E-state index in [9.17, 15) is 0 Å². The van der Waals surface area contributed by atoms with Crippen LogP contribution in [0.1, 0.15) is 13.8 Å². The van der Waals surface area contributed by atoms with Gasteiger partial charge in [-0.15, -0.1) is 0 Å². The number of hydrogen-bond acceptors (Lipinski definition) is 2. The topological polar surface area (TPSA) is 15.3 Å². The van der Waals surface area contributed by atoms with Crippen molar-refractivity contribution in [2.75, 3.05) is 6.67 Å². The Balaban J connectivity index is 2.40. The number of nitrogens with zero attached hydrogens (tertiary/aromatic N) is 1. The fraction of sp³-hybridized carbons (Fsp3) is 0.667. The SMILES string of the molecule is CC(C)N1C=C[I-]NC1. The van der Waals surface area contributed by atoms with Crippen LogP contribution < -0.4 is 25.0 Å². The second kappa shape index (κ2) is 3.41. The van der Waals surface area contributed by atoms with Gasteiger partial charge in [0.1, 0.15) is 0 Å². The van der Waals surface area contributed by atoms with Gasteiger partial charge in [-0.1, -0.05) is 0 Å². The predicted octanol–water partition coefficient (Wildman–Crippen LogP) is -2.27. The normalized spacial score (nSPS) is 20.1. The summed E-state index contributed by atoms with van der Waals surface area (Å²) in [7, 11) is 0. The molecule has 0 fully saturated rings. The standard InChI is InChI=1S/C6H12IN2/c1-6(2)9-4-3-7-8-5-9/h3-4,6,8H,5H2,1-2H3/q-1. The van der Waals surface area contributed by atoms with Crippen molar-refractivity contribution in [3.8, 4) is 0 Å². The van der Waals surface area contributed by atoms with Crippen LogP contribution in [-0.4, -0.2) is 17.6 Å². The van der Waals surface area contributed by atoms with Gasteiger partial charge in [-0.05, 0) is 0 Å². The van der Waals surface area contributed by atoms with E-state index in [1.54, 1.807) is 0 Å². The van der Waals surface area contributed by atoms with Gasteiger partial charge in [0.05, 0.1) is 0 Å². The van der Waals surface area contributed by atoms with Gasteiger partial charge in [-0.3, -0.25) is 0 Å². The van der Waals surface area contributed by atoms with Gasteiger partial charge in [0, 0.05) is 0 Å². The fourth-order valence-corrected chi connectivity index (χ4v) is 2.08. The first-order chi connectivity index (χ1) is 4.30. The first kappa shape index (κ1) is 7.34.